The van der Waals surface area contributed by atoms with Crippen LogP contribution in [0.2, 0.25) is 0 Å². The van der Waals surface area contributed by atoms with Crippen molar-refractivity contribution in [2.75, 3.05) is 11.9 Å². The van der Waals surface area contributed by atoms with Gasteiger partial charge in [0, 0.05) is 12.1 Å². The van der Waals surface area contributed by atoms with Crippen molar-refractivity contribution >= 4 is 5.69 Å². The zero-order valence-electron chi connectivity index (χ0n) is 11.2. The summed E-state index contributed by atoms with van der Waals surface area (Å²) in [5.41, 5.74) is 0.526. The van der Waals surface area contributed by atoms with Crippen LogP contribution in [0.1, 0.15) is 11.1 Å². The van der Waals surface area contributed by atoms with E-state index in [1.807, 2.05) is 24.3 Å². The van der Waals surface area contributed by atoms with E-state index in [2.05, 4.69) is 5.32 Å². The predicted octanol–water partition coefficient (Wildman–Crippen LogP) is 4.12. The predicted molar refractivity (Wildman–Crippen MR) is 74.5 cm³/mol. The smallest absolute Gasteiger partial charge is 0.418 e. The van der Waals surface area contributed by atoms with Gasteiger partial charge in [-0.15, -0.1) is 0 Å². The van der Waals surface area contributed by atoms with Crippen LogP contribution in [-0.4, -0.2) is 12.6 Å². The van der Waals surface area contributed by atoms with Crippen molar-refractivity contribution in [2.24, 2.45) is 0 Å². The van der Waals surface area contributed by atoms with Crippen LogP contribution in [0.3, 0.4) is 0 Å². The molecule has 1 aliphatic heterocycles. The first kappa shape index (κ1) is 13.8. The third-order valence-corrected chi connectivity index (χ3v) is 3.47. The molecule has 2 aromatic carbocycles. The molecular formula is C16H14F3NO. The minimum Gasteiger partial charge on any atom is -0.488 e. The molecular weight excluding hydrogens is 279 g/mol. The van der Waals surface area contributed by atoms with Gasteiger partial charge in [0.2, 0.25) is 0 Å². The highest BCUT2D eigenvalue weighted by Crippen LogP contribution is 2.35. The number of nitrogens with one attached hydrogen (secondary N) is 1. The molecule has 21 heavy (non-hydrogen) atoms. The third kappa shape index (κ3) is 2.96. The van der Waals surface area contributed by atoms with Crippen LogP contribution in [0.25, 0.3) is 0 Å². The lowest BCUT2D eigenvalue weighted by atomic mass is 10.1. The zero-order valence-corrected chi connectivity index (χ0v) is 11.2. The minimum absolute atomic E-state index is 0.0876. The van der Waals surface area contributed by atoms with E-state index in [9.17, 15) is 13.2 Å². The summed E-state index contributed by atoms with van der Waals surface area (Å²) in [5.74, 6) is 0.813. The van der Waals surface area contributed by atoms with Crippen LogP contribution < -0.4 is 10.1 Å². The van der Waals surface area contributed by atoms with Gasteiger partial charge in [0.25, 0.3) is 0 Å². The van der Waals surface area contributed by atoms with E-state index in [1.54, 1.807) is 6.07 Å². The van der Waals surface area contributed by atoms with Gasteiger partial charge in [0.15, 0.2) is 0 Å². The maximum Gasteiger partial charge on any atom is 0.418 e. The topological polar surface area (TPSA) is 21.3 Å². The number of hydrogen-bond donors (Lipinski definition) is 1. The largest absolute Gasteiger partial charge is 0.488 e. The molecule has 0 saturated carbocycles. The fourth-order valence-corrected chi connectivity index (χ4v) is 2.48. The molecule has 110 valence electrons. The number of halogens is 3. The van der Waals surface area contributed by atoms with E-state index in [1.165, 1.54) is 12.1 Å². The first-order valence-corrected chi connectivity index (χ1v) is 6.69. The van der Waals surface area contributed by atoms with Gasteiger partial charge in [-0.25, -0.2) is 0 Å². The fraction of sp³-hybridized carbons (Fsp3) is 0.250. The number of hydrogen-bond acceptors (Lipinski definition) is 2. The Morgan fingerprint density at radius 2 is 1.76 bits per heavy atom. The van der Waals surface area contributed by atoms with E-state index < -0.39 is 11.7 Å². The second kappa shape index (κ2) is 5.31. The second-order valence-electron chi connectivity index (χ2n) is 4.98. The Balaban J connectivity index is 1.68. The quantitative estimate of drug-likeness (QED) is 0.919. The molecule has 0 saturated heterocycles. The molecule has 0 aromatic heterocycles. The van der Waals surface area contributed by atoms with Gasteiger partial charge in [-0.1, -0.05) is 30.3 Å². The molecule has 0 bridgehead atoms. The fourth-order valence-electron chi connectivity index (χ4n) is 2.48. The van der Waals surface area contributed by atoms with Crippen molar-refractivity contribution in [1.82, 2.24) is 0 Å². The molecule has 0 amide bonds. The average Bonchev–Trinajstić information content (AvgIpc) is 2.87. The Morgan fingerprint density at radius 3 is 2.52 bits per heavy atom. The minimum atomic E-state index is -4.36. The van der Waals surface area contributed by atoms with Gasteiger partial charge >= 0.3 is 6.18 Å². The summed E-state index contributed by atoms with van der Waals surface area (Å²) >= 11 is 0. The second-order valence-corrected chi connectivity index (χ2v) is 4.98. The zero-order chi connectivity index (χ0) is 14.9. The molecule has 3 rings (SSSR count). The summed E-state index contributed by atoms with van der Waals surface area (Å²) in [5, 5.41) is 2.85. The molecule has 1 unspecified atom stereocenters. The molecule has 1 aliphatic rings. The summed E-state index contributed by atoms with van der Waals surface area (Å²) in [6, 6.07) is 13.1. The summed E-state index contributed by atoms with van der Waals surface area (Å²) in [6.45, 7) is 0.335. The van der Waals surface area contributed by atoms with Crippen molar-refractivity contribution in [1.29, 1.82) is 0 Å². The first-order valence-electron chi connectivity index (χ1n) is 6.69. The van der Waals surface area contributed by atoms with Crippen molar-refractivity contribution in [3.8, 4) is 5.75 Å². The van der Waals surface area contributed by atoms with Crippen molar-refractivity contribution < 1.29 is 17.9 Å². The Kier molecular flexibility index (Phi) is 3.49. The summed E-state index contributed by atoms with van der Waals surface area (Å²) in [7, 11) is 0. The first-order chi connectivity index (χ1) is 10.0. The van der Waals surface area contributed by atoms with E-state index >= 15 is 0 Å². The highest BCUT2D eigenvalue weighted by Gasteiger charge is 2.33. The standard InChI is InChI=1S/C16H14F3NO/c17-16(18,19)13-6-2-3-7-14(13)20-10-12-9-11-5-1-4-8-15(11)21-12/h1-8,12,20H,9-10H2. The van der Waals surface area contributed by atoms with Crippen LogP contribution in [0.15, 0.2) is 48.5 Å². The lowest BCUT2D eigenvalue weighted by Gasteiger charge is -2.17. The van der Waals surface area contributed by atoms with Crippen LogP contribution in [0.4, 0.5) is 18.9 Å². The number of rotatable bonds is 3. The molecule has 5 heteroatoms. The van der Waals surface area contributed by atoms with Gasteiger partial charge in [-0.3, -0.25) is 0 Å². The van der Waals surface area contributed by atoms with Gasteiger partial charge in [-0.05, 0) is 23.8 Å². The highest BCUT2D eigenvalue weighted by atomic mass is 19.4. The van der Waals surface area contributed by atoms with E-state index in [4.69, 9.17) is 4.74 Å². The summed E-state index contributed by atoms with van der Waals surface area (Å²) in [6.07, 6.45) is -3.80. The lowest BCUT2D eigenvalue weighted by Crippen LogP contribution is -2.25. The van der Waals surface area contributed by atoms with E-state index in [-0.39, 0.29) is 11.8 Å². The maximum absolute atomic E-state index is 12.9. The number of fused-ring (bicyclic) bond motifs is 1. The van der Waals surface area contributed by atoms with Crippen LogP contribution in [0.5, 0.6) is 5.75 Å². The van der Waals surface area contributed by atoms with Crippen LogP contribution in [-0.2, 0) is 12.6 Å². The Hall–Kier alpha value is -2.17. The third-order valence-electron chi connectivity index (χ3n) is 3.47. The molecule has 1 heterocycles. The van der Waals surface area contributed by atoms with Gasteiger partial charge in [0.1, 0.15) is 11.9 Å². The Bertz CT molecular complexity index is 614. The maximum atomic E-state index is 12.9. The summed E-state index contributed by atoms with van der Waals surface area (Å²) in [4.78, 5) is 0. The van der Waals surface area contributed by atoms with Crippen molar-refractivity contribution in [3.63, 3.8) is 0 Å². The van der Waals surface area contributed by atoms with Crippen LogP contribution in [0, 0.1) is 0 Å². The molecule has 1 N–H and O–H groups in total. The number of alkyl halides is 3. The SMILES string of the molecule is FC(F)(F)c1ccccc1NCC1Cc2ccccc2O1. The molecule has 0 spiro atoms. The van der Waals surface area contributed by atoms with Gasteiger partial charge < -0.3 is 10.1 Å². The number of benzene rings is 2. The Labute approximate surface area is 120 Å². The van der Waals surface area contributed by atoms with Gasteiger partial charge in [0.05, 0.1) is 12.1 Å². The van der Waals surface area contributed by atoms with E-state index in [0.717, 1.165) is 17.4 Å². The number of ether oxygens (including phenoxy) is 1. The van der Waals surface area contributed by atoms with Crippen LogP contribution >= 0.6 is 0 Å². The molecule has 2 nitrogen and oxygen atoms in total. The molecule has 0 aliphatic carbocycles. The summed E-state index contributed by atoms with van der Waals surface area (Å²) < 4.78 is 44.4. The Morgan fingerprint density at radius 1 is 1.05 bits per heavy atom. The molecule has 0 fully saturated rings. The van der Waals surface area contributed by atoms with Crippen molar-refractivity contribution in [3.05, 3.63) is 59.7 Å². The number of para-hydroxylation sites is 2. The van der Waals surface area contributed by atoms with Gasteiger partial charge in [-0.2, -0.15) is 13.2 Å². The number of anilines is 1. The monoisotopic (exact) mass is 293 g/mol. The van der Waals surface area contributed by atoms with Crippen molar-refractivity contribution in [2.45, 2.75) is 18.7 Å². The molecule has 0 radical (unpaired) electrons. The lowest BCUT2D eigenvalue weighted by molar-refractivity contribution is -0.137. The highest BCUT2D eigenvalue weighted by molar-refractivity contribution is 5.52. The molecule has 1 atom stereocenters. The average molecular weight is 293 g/mol. The molecule has 2 aromatic rings. The van der Waals surface area contributed by atoms with E-state index in [0.29, 0.717) is 13.0 Å². The normalized spacial score (nSPS) is 17.2.